The fourth-order valence-electron chi connectivity index (χ4n) is 3.24. The molecule has 0 aliphatic carbocycles. The summed E-state index contributed by atoms with van der Waals surface area (Å²) in [6, 6.07) is 0.222. The molecule has 142 valence electrons. The standard InChI is InChI=1S/C17H19FN6O2S/c1-10-7-12(26-16-15-19-3-5-23(15)6-4-20-16)8-24(10)9-13-14(18)22-17(27-13)21-11(2)25/h3-6,10,12H,7-9H2,1-2H3,(H,21,22,25)/t10-,12+/m0/s1. The number of hydrogen-bond donors (Lipinski definition) is 1. The topological polar surface area (TPSA) is 84.7 Å². The van der Waals surface area contributed by atoms with Crippen LogP contribution in [0.5, 0.6) is 5.88 Å². The fraction of sp³-hybridized carbons (Fsp3) is 0.412. The van der Waals surface area contributed by atoms with Gasteiger partial charge in [-0.15, -0.1) is 0 Å². The monoisotopic (exact) mass is 390 g/mol. The van der Waals surface area contributed by atoms with Crippen LogP contribution in [0.2, 0.25) is 0 Å². The van der Waals surface area contributed by atoms with Crippen molar-refractivity contribution in [3.05, 3.63) is 35.6 Å². The highest BCUT2D eigenvalue weighted by Crippen LogP contribution is 2.29. The molecule has 1 aliphatic heterocycles. The number of hydrogen-bond acceptors (Lipinski definition) is 7. The third-order valence-electron chi connectivity index (χ3n) is 4.50. The average Bonchev–Trinajstić information content (AvgIpc) is 3.29. The van der Waals surface area contributed by atoms with Crippen LogP contribution in [-0.4, -0.2) is 48.9 Å². The summed E-state index contributed by atoms with van der Waals surface area (Å²) < 4.78 is 22.0. The molecular formula is C17H19FN6O2S. The van der Waals surface area contributed by atoms with Gasteiger partial charge in [-0.05, 0) is 6.92 Å². The maximum Gasteiger partial charge on any atom is 0.258 e. The second kappa shape index (κ2) is 7.20. The first-order chi connectivity index (χ1) is 13.0. The number of halogens is 1. The van der Waals surface area contributed by atoms with Crippen molar-refractivity contribution in [1.29, 1.82) is 0 Å². The maximum atomic E-state index is 14.1. The van der Waals surface area contributed by atoms with Gasteiger partial charge in [0.05, 0.1) is 4.88 Å². The summed E-state index contributed by atoms with van der Waals surface area (Å²) in [6.07, 6.45) is 7.79. The van der Waals surface area contributed by atoms with Crippen molar-refractivity contribution in [1.82, 2.24) is 24.3 Å². The van der Waals surface area contributed by atoms with Gasteiger partial charge in [0.2, 0.25) is 11.9 Å². The minimum Gasteiger partial charge on any atom is -0.470 e. The highest BCUT2D eigenvalue weighted by Gasteiger charge is 2.32. The Bertz CT molecular complexity index is 973. The number of amides is 1. The van der Waals surface area contributed by atoms with E-state index in [9.17, 15) is 9.18 Å². The van der Waals surface area contributed by atoms with Crippen molar-refractivity contribution in [2.75, 3.05) is 11.9 Å². The summed E-state index contributed by atoms with van der Waals surface area (Å²) in [5.41, 5.74) is 0.678. The second-order valence-electron chi connectivity index (χ2n) is 6.56. The first kappa shape index (κ1) is 17.8. The van der Waals surface area contributed by atoms with Crippen molar-refractivity contribution in [3.63, 3.8) is 0 Å². The van der Waals surface area contributed by atoms with Crippen molar-refractivity contribution >= 4 is 28.0 Å². The number of aromatic nitrogens is 4. The Kier molecular flexibility index (Phi) is 4.75. The Labute approximate surface area is 159 Å². The van der Waals surface area contributed by atoms with E-state index in [1.807, 2.05) is 16.8 Å². The van der Waals surface area contributed by atoms with Gasteiger partial charge in [-0.2, -0.15) is 9.37 Å². The molecule has 0 spiro atoms. The summed E-state index contributed by atoms with van der Waals surface area (Å²) in [5, 5.41) is 2.81. The van der Waals surface area contributed by atoms with Crippen LogP contribution in [0.4, 0.5) is 9.52 Å². The Balaban J connectivity index is 1.43. The zero-order valence-electron chi connectivity index (χ0n) is 14.9. The molecule has 1 aliphatic rings. The number of imidazole rings is 1. The lowest BCUT2D eigenvalue weighted by atomic mass is 10.2. The van der Waals surface area contributed by atoms with Gasteiger partial charge in [0.25, 0.3) is 5.88 Å². The lowest BCUT2D eigenvalue weighted by molar-refractivity contribution is -0.114. The molecule has 4 heterocycles. The van der Waals surface area contributed by atoms with Crippen LogP contribution >= 0.6 is 11.3 Å². The third-order valence-corrected chi connectivity index (χ3v) is 5.43. The molecule has 0 unspecified atom stereocenters. The number of fused-ring (bicyclic) bond motifs is 1. The summed E-state index contributed by atoms with van der Waals surface area (Å²) in [7, 11) is 0. The number of nitrogens with zero attached hydrogens (tertiary/aromatic N) is 5. The van der Waals surface area contributed by atoms with Crippen LogP contribution in [0.25, 0.3) is 5.65 Å². The van der Waals surface area contributed by atoms with Crippen LogP contribution in [0.15, 0.2) is 24.8 Å². The fourth-order valence-corrected chi connectivity index (χ4v) is 4.16. The van der Waals surface area contributed by atoms with Crippen molar-refractivity contribution in [3.8, 4) is 5.88 Å². The Hall–Kier alpha value is -2.59. The van der Waals surface area contributed by atoms with Crippen molar-refractivity contribution in [2.24, 2.45) is 0 Å². The predicted molar refractivity (Wildman–Crippen MR) is 98.3 cm³/mol. The van der Waals surface area contributed by atoms with Gasteiger partial charge in [-0.3, -0.25) is 9.69 Å². The van der Waals surface area contributed by atoms with E-state index in [2.05, 4.69) is 32.1 Å². The van der Waals surface area contributed by atoms with Gasteiger partial charge >= 0.3 is 0 Å². The van der Waals surface area contributed by atoms with Gasteiger partial charge < -0.3 is 14.5 Å². The molecule has 27 heavy (non-hydrogen) atoms. The van der Waals surface area contributed by atoms with Crippen molar-refractivity contribution < 1.29 is 13.9 Å². The second-order valence-corrected chi connectivity index (χ2v) is 7.64. The Morgan fingerprint density at radius 2 is 2.19 bits per heavy atom. The number of likely N-dealkylation sites (tertiary alicyclic amines) is 1. The van der Waals surface area contributed by atoms with E-state index in [4.69, 9.17) is 4.74 Å². The van der Waals surface area contributed by atoms with Gasteiger partial charge in [0, 0.05) is 57.3 Å². The van der Waals surface area contributed by atoms with Gasteiger partial charge in [-0.1, -0.05) is 11.3 Å². The van der Waals surface area contributed by atoms with Gasteiger partial charge in [0.1, 0.15) is 6.10 Å². The average molecular weight is 390 g/mol. The molecule has 10 heteroatoms. The molecule has 2 atom stereocenters. The van der Waals surface area contributed by atoms with Gasteiger partial charge in [0.15, 0.2) is 10.8 Å². The third kappa shape index (κ3) is 3.76. The summed E-state index contributed by atoms with van der Waals surface area (Å²) >= 11 is 1.16. The molecule has 4 rings (SSSR count). The normalized spacial score (nSPS) is 20.3. The SMILES string of the molecule is CC(=O)Nc1nc(F)c(CN2C[C@H](Oc3nccn4ccnc34)C[C@@H]2C)s1. The van der Waals surface area contributed by atoms with Crippen LogP contribution in [0, 0.1) is 5.95 Å². The Morgan fingerprint density at radius 1 is 1.41 bits per heavy atom. The number of carbonyl (C=O) groups excluding carboxylic acids is 1. The summed E-state index contributed by atoms with van der Waals surface area (Å²) in [5.74, 6) is -0.304. The molecule has 3 aromatic heterocycles. The highest BCUT2D eigenvalue weighted by atomic mass is 32.1. The largest absolute Gasteiger partial charge is 0.470 e. The lowest BCUT2D eigenvalue weighted by Gasteiger charge is -2.19. The molecule has 1 amide bonds. The smallest absolute Gasteiger partial charge is 0.258 e. The molecule has 1 N–H and O–H groups in total. The number of rotatable bonds is 5. The number of nitrogens with one attached hydrogen (secondary N) is 1. The number of carbonyl (C=O) groups is 1. The molecule has 8 nitrogen and oxygen atoms in total. The van der Waals surface area contributed by atoms with Gasteiger partial charge in [-0.25, -0.2) is 9.97 Å². The van der Waals surface area contributed by atoms with E-state index in [-0.39, 0.29) is 23.2 Å². The van der Waals surface area contributed by atoms with Crippen molar-refractivity contribution in [2.45, 2.75) is 39.0 Å². The van der Waals surface area contributed by atoms with E-state index in [0.717, 1.165) is 17.8 Å². The number of anilines is 1. The molecule has 0 bridgehead atoms. The molecule has 1 saturated heterocycles. The maximum absolute atomic E-state index is 14.1. The van der Waals surface area contributed by atoms with Crippen LogP contribution in [0.3, 0.4) is 0 Å². The first-order valence-electron chi connectivity index (χ1n) is 8.60. The quantitative estimate of drug-likeness (QED) is 0.720. The minimum atomic E-state index is -0.538. The zero-order valence-corrected chi connectivity index (χ0v) is 15.7. The van der Waals surface area contributed by atoms with Crippen LogP contribution in [-0.2, 0) is 11.3 Å². The molecule has 0 radical (unpaired) electrons. The highest BCUT2D eigenvalue weighted by molar-refractivity contribution is 7.15. The number of ether oxygens (including phenoxy) is 1. The molecular weight excluding hydrogens is 371 g/mol. The Morgan fingerprint density at radius 3 is 2.96 bits per heavy atom. The summed E-state index contributed by atoms with van der Waals surface area (Å²) in [4.78, 5) is 26.1. The van der Waals surface area contributed by atoms with Crippen LogP contribution in [0.1, 0.15) is 25.1 Å². The molecule has 0 aromatic carbocycles. The summed E-state index contributed by atoms with van der Waals surface area (Å²) in [6.45, 7) is 4.53. The lowest BCUT2D eigenvalue weighted by Crippen LogP contribution is -2.28. The van der Waals surface area contributed by atoms with Crippen LogP contribution < -0.4 is 10.1 Å². The van der Waals surface area contributed by atoms with E-state index in [0.29, 0.717) is 29.5 Å². The zero-order chi connectivity index (χ0) is 19.0. The van der Waals surface area contributed by atoms with E-state index in [1.165, 1.54) is 6.92 Å². The molecule has 1 fully saturated rings. The van der Waals surface area contributed by atoms with E-state index < -0.39 is 5.95 Å². The van der Waals surface area contributed by atoms with E-state index >= 15 is 0 Å². The molecule has 0 saturated carbocycles. The van der Waals surface area contributed by atoms with E-state index in [1.54, 1.807) is 12.4 Å². The number of thiazole rings is 1. The molecule has 3 aromatic rings. The first-order valence-corrected chi connectivity index (χ1v) is 9.42. The predicted octanol–water partition coefficient (Wildman–Crippen LogP) is 2.33. The minimum absolute atomic E-state index is 0.0544.